The number of hydrogen-bond donors (Lipinski definition) is 0. The van der Waals surface area contributed by atoms with Crippen molar-refractivity contribution in [1.82, 2.24) is 14.9 Å². The Balaban J connectivity index is 1.92. The summed E-state index contributed by atoms with van der Waals surface area (Å²) in [6.45, 7) is 5.95. The summed E-state index contributed by atoms with van der Waals surface area (Å²) in [7, 11) is 0. The van der Waals surface area contributed by atoms with Crippen LogP contribution in [0.2, 0.25) is 0 Å². The van der Waals surface area contributed by atoms with Crippen molar-refractivity contribution < 1.29 is 0 Å². The molecule has 3 atom stereocenters. The SMILES string of the molecule is CCc1nccnc1[C@H]1CN2CCC1C2. The van der Waals surface area contributed by atoms with E-state index in [1.165, 1.54) is 37.4 Å². The first-order valence-electron chi connectivity index (χ1n) is 5.90. The first-order chi connectivity index (χ1) is 7.38. The molecule has 2 aliphatic heterocycles. The molecular formula is C12H17N3. The number of nitrogens with zero attached hydrogens (tertiary/aromatic N) is 3. The molecule has 0 amide bonds. The first-order valence-corrected chi connectivity index (χ1v) is 5.90. The molecule has 0 saturated carbocycles. The van der Waals surface area contributed by atoms with Gasteiger partial charge in [-0.3, -0.25) is 9.97 Å². The lowest BCUT2D eigenvalue weighted by Crippen LogP contribution is -2.23. The molecule has 2 saturated heterocycles. The van der Waals surface area contributed by atoms with Gasteiger partial charge in [-0.1, -0.05) is 6.92 Å². The Kier molecular flexibility index (Phi) is 2.20. The molecule has 2 bridgehead atoms. The van der Waals surface area contributed by atoms with E-state index in [2.05, 4.69) is 21.8 Å². The summed E-state index contributed by atoms with van der Waals surface area (Å²) in [6, 6.07) is 0. The lowest BCUT2D eigenvalue weighted by Gasteiger charge is -2.22. The molecular weight excluding hydrogens is 186 g/mol. The quantitative estimate of drug-likeness (QED) is 0.728. The van der Waals surface area contributed by atoms with Crippen LogP contribution in [0.3, 0.4) is 0 Å². The molecule has 80 valence electrons. The van der Waals surface area contributed by atoms with Crippen molar-refractivity contribution in [2.24, 2.45) is 5.92 Å². The van der Waals surface area contributed by atoms with Gasteiger partial charge in [0.15, 0.2) is 0 Å². The Bertz CT molecular complexity index is 364. The third kappa shape index (κ3) is 1.46. The highest BCUT2D eigenvalue weighted by Crippen LogP contribution is 2.39. The van der Waals surface area contributed by atoms with Crippen molar-refractivity contribution in [1.29, 1.82) is 0 Å². The van der Waals surface area contributed by atoms with E-state index in [-0.39, 0.29) is 0 Å². The third-order valence-electron chi connectivity index (χ3n) is 3.83. The number of rotatable bonds is 2. The lowest BCUT2D eigenvalue weighted by molar-refractivity contribution is 0.342. The molecule has 0 aliphatic carbocycles. The van der Waals surface area contributed by atoms with Crippen LogP contribution in [-0.2, 0) is 6.42 Å². The minimum atomic E-state index is 0.655. The van der Waals surface area contributed by atoms with E-state index in [1.54, 1.807) is 0 Å². The fourth-order valence-electron chi connectivity index (χ4n) is 3.05. The summed E-state index contributed by atoms with van der Waals surface area (Å²) in [6.07, 6.45) is 6.02. The van der Waals surface area contributed by atoms with Crippen LogP contribution >= 0.6 is 0 Å². The van der Waals surface area contributed by atoms with Crippen LogP contribution in [0.4, 0.5) is 0 Å². The zero-order valence-electron chi connectivity index (χ0n) is 9.19. The summed E-state index contributed by atoms with van der Waals surface area (Å²) in [5.41, 5.74) is 2.48. The molecule has 0 aromatic carbocycles. The Labute approximate surface area is 90.5 Å². The molecule has 2 aliphatic rings. The number of aryl methyl sites for hydroxylation is 1. The number of aromatic nitrogens is 2. The zero-order chi connectivity index (χ0) is 10.3. The first kappa shape index (κ1) is 9.28. The van der Waals surface area contributed by atoms with Gasteiger partial charge in [0.2, 0.25) is 0 Å². The van der Waals surface area contributed by atoms with Crippen LogP contribution in [0.1, 0.15) is 30.7 Å². The van der Waals surface area contributed by atoms with Crippen molar-refractivity contribution in [3.05, 3.63) is 23.8 Å². The van der Waals surface area contributed by atoms with Gasteiger partial charge in [-0.2, -0.15) is 0 Å². The second-order valence-corrected chi connectivity index (χ2v) is 4.66. The second-order valence-electron chi connectivity index (χ2n) is 4.66. The maximum atomic E-state index is 4.56. The van der Waals surface area contributed by atoms with Gasteiger partial charge in [0.05, 0.1) is 11.4 Å². The van der Waals surface area contributed by atoms with Gasteiger partial charge in [-0.15, -0.1) is 0 Å². The van der Waals surface area contributed by atoms with Crippen molar-refractivity contribution in [2.75, 3.05) is 19.6 Å². The van der Waals surface area contributed by atoms with Gasteiger partial charge in [-0.05, 0) is 25.3 Å². The molecule has 1 aromatic rings. The van der Waals surface area contributed by atoms with Crippen LogP contribution in [0, 0.1) is 5.92 Å². The van der Waals surface area contributed by atoms with E-state index in [4.69, 9.17) is 0 Å². The van der Waals surface area contributed by atoms with Crippen molar-refractivity contribution >= 4 is 0 Å². The number of piperidine rings is 1. The summed E-state index contributed by atoms with van der Waals surface area (Å²) in [5.74, 6) is 1.49. The molecule has 3 nitrogen and oxygen atoms in total. The molecule has 3 heterocycles. The minimum Gasteiger partial charge on any atom is -0.302 e. The Morgan fingerprint density at radius 1 is 1.33 bits per heavy atom. The highest BCUT2D eigenvalue weighted by Gasteiger charge is 2.40. The van der Waals surface area contributed by atoms with Crippen LogP contribution in [0.25, 0.3) is 0 Å². The van der Waals surface area contributed by atoms with Crippen molar-refractivity contribution in [3.8, 4) is 0 Å². The predicted molar refractivity (Wildman–Crippen MR) is 58.7 cm³/mol. The van der Waals surface area contributed by atoms with E-state index in [0.29, 0.717) is 5.92 Å². The van der Waals surface area contributed by atoms with Gasteiger partial charge in [0.1, 0.15) is 0 Å². The van der Waals surface area contributed by atoms with Crippen molar-refractivity contribution in [3.63, 3.8) is 0 Å². The monoisotopic (exact) mass is 203 g/mol. The second kappa shape index (κ2) is 3.56. The Morgan fingerprint density at radius 2 is 2.20 bits per heavy atom. The minimum absolute atomic E-state index is 0.655. The molecule has 1 aromatic heterocycles. The average Bonchev–Trinajstić information content (AvgIpc) is 2.90. The Morgan fingerprint density at radius 3 is 2.87 bits per heavy atom. The summed E-state index contributed by atoms with van der Waals surface area (Å²) in [4.78, 5) is 11.6. The summed E-state index contributed by atoms with van der Waals surface area (Å²) >= 11 is 0. The average molecular weight is 203 g/mol. The van der Waals surface area contributed by atoms with Gasteiger partial charge in [-0.25, -0.2) is 0 Å². The third-order valence-corrected chi connectivity index (χ3v) is 3.83. The van der Waals surface area contributed by atoms with Gasteiger partial charge in [0, 0.05) is 31.4 Å². The van der Waals surface area contributed by atoms with E-state index in [0.717, 1.165) is 12.3 Å². The van der Waals surface area contributed by atoms with E-state index < -0.39 is 0 Å². The molecule has 15 heavy (non-hydrogen) atoms. The maximum absolute atomic E-state index is 4.56. The number of hydrogen-bond acceptors (Lipinski definition) is 3. The van der Waals surface area contributed by atoms with Crippen LogP contribution in [0.5, 0.6) is 0 Å². The van der Waals surface area contributed by atoms with Crippen LogP contribution in [0.15, 0.2) is 12.4 Å². The standard InChI is InChI=1S/C12H17N3/c1-2-11-12(14-5-4-13-11)10-8-15-6-3-9(10)7-15/h4-5,9-10H,2-3,6-8H2,1H3/t9?,10-/m0/s1. The molecule has 0 radical (unpaired) electrons. The topological polar surface area (TPSA) is 29.0 Å². The molecule has 3 heteroatoms. The maximum Gasteiger partial charge on any atom is 0.0665 e. The Hall–Kier alpha value is -0.960. The van der Waals surface area contributed by atoms with Gasteiger partial charge >= 0.3 is 0 Å². The molecule has 2 fully saturated rings. The molecule has 3 rings (SSSR count). The van der Waals surface area contributed by atoms with Crippen LogP contribution in [-0.4, -0.2) is 34.5 Å². The highest BCUT2D eigenvalue weighted by atomic mass is 15.2. The smallest absolute Gasteiger partial charge is 0.0665 e. The number of fused-ring (bicyclic) bond motifs is 2. The molecule has 2 unspecified atom stereocenters. The highest BCUT2D eigenvalue weighted by molar-refractivity contribution is 5.20. The summed E-state index contributed by atoms with van der Waals surface area (Å²) in [5, 5.41) is 0. The molecule has 0 spiro atoms. The van der Waals surface area contributed by atoms with Gasteiger partial charge in [0.25, 0.3) is 0 Å². The fourth-order valence-corrected chi connectivity index (χ4v) is 3.05. The van der Waals surface area contributed by atoms with Gasteiger partial charge < -0.3 is 4.90 Å². The zero-order valence-corrected chi connectivity index (χ0v) is 9.19. The molecule has 0 N–H and O–H groups in total. The lowest BCUT2D eigenvalue weighted by atomic mass is 9.88. The van der Waals surface area contributed by atoms with Crippen LogP contribution < -0.4 is 0 Å². The van der Waals surface area contributed by atoms with Crippen molar-refractivity contribution in [2.45, 2.75) is 25.7 Å². The van der Waals surface area contributed by atoms with E-state index in [9.17, 15) is 0 Å². The summed E-state index contributed by atoms with van der Waals surface area (Å²) < 4.78 is 0. The predicted octanol–water partition coefficient (Wildman–Crippen LogP) is 1.46. The van der Waals surface area contributed by atoms with E-state index in [1.807, 2.05) is 12.4 Å². The fraction of sp³-hybridized carbons (Fsp3) is 0.667. The normalized spacial score (nSPS) is 33.5. The largest absolute Gasteiger partial charge is 0.302 e. The van der Waals surface area contributed by atoms with E-state index >= 15 is 0 Å².